The Hall–Kier alpha value is -2.42. The van der Waals surface area contributed by atoms with Crippen molar-refractivity contribution in [3.05, 3.63) is 46.5 Å². The fraction of sp³-hybridized carbons (Fsp3) is 0.167. The number of amides is 1. The minimum atomic E-state index is -0.362. The van der Waals surface area contributed by atoms with Gasteiger partial charge in [0.25, 0.3) is 5.91 Å². The van der Waals surface area contributed by atoms with Gasteiger partial charge in [-0.2, -0.15) is 0 Å². The molecule has 0 spiro atoms. The van der Waals surface area contributed by atoms with Crippen LogP contribution in [0, 0.1) is 6.92 Å². The first-order valence-electron chi connectivity index (χ1n) is 7.83. The van der Waals surface area contributed by atoms with Crippen molar-refractivity contribution in [1.29, 1.82) is 0 Å². The number of anilines is 1. The minimum Gasteiger partial charge on any atom is -0.496 e. The number of carbonyl (C=O) groups excluding carboxylic acids is 1. The minimum absolute atomic E-state index is 0.140. The molecule has 140 valence electrons. The van der Waals surface area contributed by atoms with Crippen LogP contribution >= 0.6 is 35.2 Å². The van der Waals surface area contributed by atoms with E-state index in [2.05, 4.69) is 15.6 Å². The number of nitrogens with zero attached hydrogens (tertiary/aromatic N) is 1. The van der Waals surface area contributed by atoms with Gasteiger partial charge in [0.1, 0.15) is 11.5 Å². The molecule has 1 aromatic heterocycles. The van der Waals surface area contributed by atoms with Crippen molar-refractivity contribution >= 4 is 61.5 Å². The van der Waals surface area contributed by atoms with Crippen LogP contribution in [0.25, 0.3) is 10.2 Å². The summed E-state index contributed by atoms with van der Waals surface area (Å²) < 4.78 is 11.4. The number of fused-ring (bicyclic) bond motifs is 1. The van der Waals surface area contributed by atoms with Gasteiger partial charge >= 0.3 is 0 Å². The van der Waals surface area contributed by atoms with Gasteiger partial charge in [-0.25, -0.2) is 4.98 Å². The molecular weight excluding hydrogens is 406 g/mol. The predicted molar refractivity (Wildman–Crippen MR) is 113 cm³/mol. The van der Waals surface area contributed by atoms with E-state index in [1.54, 1.807) is 31.4 Å². The Labute approximate surface area is 170 Å². The molecular formula is C18H16ClN3O3S2. The second-order valence-corrected chi connectivity index (χ2v) is 7.38. The van der Waals surface area contributed by atoms with Crippen LogP contribution < -0.4 is 20.1 Å². The number of methoxy groups -OCH3 is 2. The summed E-state index contributed by atoms with van der Waals surface area (Å²) in [6, 6.07) is 8.85. The number of halogens is 1. The summed E-state index contributed by atoms with van der Waals surface area (Å²) >= 11 is 12.7. The van der Waals surface area contributed by atoms with Crippen molar-refractivity contribution in [2.75, 3.05) is 19.5 Å². The number of thiocarbonyl (C=S) groups is 1. The Bertz CT molecular complexity index is 1040. The smallest absolute Gasteiger partial charge is 0.261 e. The van der Waals surface area contributed by atoms with E-state index in [9.17, 15) is 4.79 Å². The number of aromatic nitrogens is 1. The van der Waals surface area contributed by atoms with Gasteiger partial charge in [-0.1, -0.05) is 35.1 Å². The molecule has 0 bridgehead atoms. The predicted octanol–water partition coefficient (Wildman–Crippen LogP) is 4.40. The molecule has 0 aliphatic rings. The van der Waals surface area contributed by atoms with Crippen molar-refractivity contribution in [1.82, 2.24) is 10.3 Å². The van der Waals surface area contributed by atoms with Crippen LogP contribution in [0.4, 0.5) is 5.13 Å². The maximum Gasteiger partial charge on any atom is 0.261 e. The van der Waals surface area contributed by atoms with Crippen molar-refractivity contribution in [3.63, 3.8) is 0 Å². The average molecular weight is 422 g/mol. The van der Waals surface area contributed by atoms with E-state index in [0.717, 1.165) is 10.3 Å². The Balaban J connectivity index is 1.75. The highest BCUT2D eigenvalue weighted by Gasteiger charge is 2.16. The fourth-order valence-electron chi connectivity index (χ4n) is 2.54. The van der Waals surface area contributed by atoms with Gasteiger partial charge < -0.3 is 14.8 Å². The number of nitrogens with one attached hydrogen (secondary N) is 2. The summed E-state index contributed by atoms with van der Waals surface area (Å²) in [5.41, 5.74) is 1.98. The molecule has 3 rings (SSSR count). The molecule has 27 heavy (non-hydrogen) atoms. The number of benzene rings is 2. The molecule has 1 heterocycles. The summed E-state index contributed by atoms with van der Waals surface area (Å²) in [7, 11) is 3.08. The zero-order chi connectivity index (χ0) is 19.6. The lowest BCUT2D eigenvalue weighted by Gasteiger charge is -2.12. The molecule has 9 heteroatoms. The fourth-order valence-corrected chi connectivity index (χ4v) is 3.91. The molecule has 0 unspecified atom stereocenters. The molecule has 0 saturated heterocycles. The number of para-hydroxylation sites is 1. The van der Waals surface area contributed by atoms with E-state index >= 15 is 0 Å². The summed E-state index contributed by atoms with van der Waals surface area (Å²) in [4.78, 5) is 16.9. The summed E-state index contributed by atoms with van der Waals surface area (Å²) in [6.07, 6.45) is 0. The van der Waals surface area contributed by atoms with Gasteiger partial charge in [-0.05, 0) is 36.8 Å². The summed E-state index contributed by atoms with van der Waals surface area (Å²) in [5.74, 6) is 0.722. The van der Waals surface area contributed by atoms with Crippen molar-refractivity contribution in [2.45, 2.75) is 6.92 Å². The van der Waals surface area contributed by atoms with E-state index in [-0.39, 0.29) is 11.0 Å². The molecule has 0 radical (unpaired) electrons. The van der Waals surface area contributed by atoms with Gasteiger partial charge in [-0.3, -0.25) is 10.1 Å². The van der Waals surface area contributed by atoms with Crippen molar-refractivity contribution in [2.24, 2.45) is 0 Å². The monoisotopic (exact) mass is 421 g/mol. The highest BCUT2D eigenvalue weighted by molar-refractivity contribution is 7.80. The third-order valence-electron chi connectivity index (χ3n) is 3.77. The number of aryl methyl sites for hydroxylation is 1. The molecule has 6 nitrogen and oxygen atoms in total. The van der Waals surface area contributed by atoms with Crippen LogP contribution in [0.1, 0.15) is 15.9 Å². The highest BCUT2D eigenvalue weighted by atomic mass is 35.5. The lowest BCUT2D eigenvalue weighted by Crippen LogP contribution is -2.34. The maximum absolute atomic E-state index is 12.5. The van der Waals surface area contributed by atoms with Gasteiger partial charge in [0.15, 0.2) is 10.2 Å². The molecule has 0 fully saturated rings. The van der Waals surface area contributed by atoms with Crippen LogP contribution in [0.5, 0.6) is 11.5 Å². The molecule has 0 atom stereocenters. The number of thiazole rings is 1. The largest absolute Gasteiger partial charge is 0.496 e. The summed E-state index contributed by atoms with van der Waals surface area (Å²) in [6.45, 7) is 1.87. The highest BCUT2D eigenvalue weighted by Crippen LogP contribution is 2.34. The molecule has 0 saturated carbocycles. The van der Waals surface area contributed by atoms with Gasteiger partial charge in [0, 0.05) is 6.07 Å². The Morgan fingerprint density at radius 1 is 1.26 bits per heavy atom. The van der Waals surface area contributed by atoms with Crippen molar-refractivity contribution in [3.8, 4) is 11.5 Å². The number of ether oxygens (including phenoxy) is 2. The van der Waals surface area contributed by atoms with E-state index in [0.29, 0.717) is 32.7 Å². The van der Waals surface area contributed by atoms with Gasteiger partial charge in [0.2, 0.25) is 0 Å². The molecule has 2 aromatic carbocycles. The standard InChI is InChI=1S/C18H16ClN3O3S2/c1-9-5-4-6-10(15(9)25-3)16(23)21-17(26)22-18-20-12-7-11(19)13(24-2)8-14(12)27-18/h4-8H,1-3H3,(H2,20,21,22,23,26). The molecule has 3 aromatic rings. The lowest BCUT2D eigenvalue weighted by atomic mass is 10.1. The molecule has 0 aliphatic heterocycles. The lowest BCUT2D eigenvalue weighted by molar-refractivity contribution is 0.0974. The van der Waals surface area contributed by atoms with Crippen LogP contribution in [0.3, 0.4) is 0 Å². The third-order valence-corrected chi connectivity index (χ3v) is 5.20. The number of carbonyl (C=O) groups is 1. The third kappa shape index (κ3) is 4.13. The Morgan fingerprint density at radius 3 is 2.74 bits per heavy atom. The van der Waals surface area contributed by atoms with Crippen molar-refractivity contribution < 1.29 is 14.3 Å². The Morgan fingerprint density at radius 2 is 2.04 bits per heavy atom. The zero-order valence-corrected chi connectivity index (χ0v) is 17.1. The average Bonchev–Trinajstić information content (AvgIpc) is 3.01. The second-order valence-electron chi connectivity index (χ2n) is 5.54. The summed E-state index contributed by atoms with van der Waals surface area (Å²) in [5, 5.41) is 6.72. The zero-order valence-electron chi connectivity index (χ0n) is 14.8. The number of hydrogen-bond acceptors (Lipinski definition) is 6. The second kappa shape index (κ2) is 8.08. The van der Waals surface area contributed by atoms with Crippen LogP contribution in [-0.2, 0) is 0 Å². The van der Waals surface area contributed by atoms with E-state index in [1.807, 2.05) is 13.0 Å². The van der Waals surface area contributed by atoms with Gasteiger partial charge in [0.05, 0.1) is 35.0 Å². The Kier molecular flexibility index (Phi) is 5.79. The topological polar surface area (TPSA) is 72.5 Å². The first-order valence-corrected chi connectivity index (χ1v) is 9.43. The first kappa shape index (κ1) is 19.3. The quantitative estimate of drug-likeness (QED) is 0.608. The molecule has 0 aliphatic carbocycles. The normalized spacial score (nSPS) is 10.5. The number of hydrogen-bond donors (Lipinski definition) is 2. The van der Waals surface area contributed by atoms with Crippen LogP contribution in [0.15, 0.2) is 30.3 Å². The van der Waals surface area contributed by atoms with E-state index < -0.39 is 0 Å². The SMILES string of the molecule is COc1cc2sc(NC(=S)NC(=O)c3cccc(C)c3OC)nc2cc1Cl. The maximum atomic E-state index is 12.5. The number of rotatable bonds is 4. The van der Waals surface area contributed by atoms with E-state index in [4.69, 9.17) is 33.3 Å². The van der Waals surface area contributed by atoms with Crippen LogP contribution in [0.2, 0.25) is 5.02 Å². The first-order chi connectivity index (χ1) is 12.9. The molecule has 1 amide bonds. The van der Waals surface area contributed by atoms with E-state index in [1.165, 1.54) is 18.4 Å². The van der Waals surface area contributed by atoms with Gasteiger partial charge in [-0.15, -0.1) is 0 Å². The molecule has 2 N–H and O–H groups in total. The van der Waals surface area contributed by atoms with Crippen LogP contribution in [-0.4, -0.2) is 30.2 Å².